The first-order valence-corrected chi connectivity index (χ1v) is 13.5. The monoisotopic (exact) mass is 508 g/mol. The summed E-state index contributed by atoms with van der Waals surface area (Å²) in [6.07, 6.45) is 6.40. The molecule has 37 heavy (non-hydrogen) atoms. The van der Waals surface area contributed by atoms with Gasteiger partial charge in [-0.05, 0) is 55.9 Å². The standard InChI is InChI=1S/C27H36N6O4/c34-24(33-16-14-31(15-17-33)18-25(35)32-12-1-2-13-32)11-10-23-27(36)28-26(30-29-23)21-6-8-22(9-7-21)37-19-20-4-3-5-20/h6-9,20H,1-5,10-19H2,(H,28,30,36). The number of aromatic nitrogens is 3. The number of aryl methyl sites for hydroxylation is 1. The maximum atomic E-state index is 12.7. The van der Waals surface area contributed by atoms with Gasteiger partial charge in [0.1, 0.15) is 11.4 Å². The lowest BCUT2D eigenvalue weighted by Crippen LogP contribution is -2.51. The van der Waals surface area contributed by atoms with Crippen molar-refractivity contribution < 1.29 is 14.3 Å². The van der Waals surface area contributed by atoms with Crippen LogP contribution in [0.15, 0.2) is 29.1 Å². The molecule has 3 aliphatic rings. The lowest BCUT2D eigenvalue weighted by molar-refractivity contribution is -0.134. The Morgan fingerprint density at radius 2 is 1.59 bits per heavy atom. The highest BCUT2D eigenvalue weighted by Crippen LogP contribution is 2.27. The molecule has 1 aromatic carbocycles. The highest BCUT2D eigenvalue weighted by molar-refractivity contribution is 5.79. The molecule has 0 spiro atoms. The van der Waals surface area contributed by atoms with Gasteiger partial charge in [-0.25, -0.2) is 0 Å². The van der Waals surface area contributed by atoms with Crippen LogP contribution < -0.4 is 10.3 Å². The maximum Gasteiger partial charge on any atom is 0.273 e. The fourth-order valence-electron chi connectivity index (χ4n) is 5.03. The van der Waals surface area contributed by atoms with Gasteiger partial charge in [0.25, 0.3) is 5.56 Å². The normalized spacial score (nSPS) is 18.6. The Balaban J connectivity index is 1.07. The third kappa shape index (κ3) is 6.54. The number of nitrogens with zero attached hydrogens (tertiary/aromatic N) is 5. The number of piperazine rings is 1. The van der Waals surface area contributed by atoms with Gasteiger partial charge in [0.15, 0.2) is 5.82 Å². The van der Waals surface area contributed by atoms with Crippen LogP contribution in [0.1, 0.15) is 44.2 Å². The molecule has 0 bridgehead atoms. The molecule has 2 aliphatic heterocycles. The molecule has 1 aromatic heterocycles. The van der Waals surface area contributed by atoms with E-state index in [2.05, 4.69) is 20.1 Å². The molecule has 198 valence electrons. The van der Waals surface area contributed by atoms with Crippen LogP contribution in [0.4, 0.5) is 0 Å². The first-order valence-electron chi connectivity index (χ1n) is 13.5. The van der Waals surface area contributed by atoms with E-state index in [4.69, 9.17) is 4.74 Å². The van der Waals surface area contributed by atoms with Crippen molar-refractivity contribution in [3.8, 4) is 17.1 Å². The number of hydrogen-bond donors (Lipinski definition) is 1. The van der Waals surface area contributed by atoms with Crippen molar-refractivity contribution >= 4 is 11.8 Å². The van der Waals surface area contributed by atoms with Crippen LogP contribution in [0.25, 0.3) is 11.4 Å². The number of amides is 2. The minimum absolute atomic E-state index is 0.00622. The van der Waals surface area contributed by atoms with E-state index in [0.29, 0.717) is 44.5 Å². The molecule has 1 N–H and O–H groups in total. The average Bonchev–Trinajstić information content (AvgIpc) is 3.43. The third-order valence-corrected chi connectivity index (χ3v) is 7.72. The Hall–Kier alpha value is -3.27. The lowest BCUT2D eigenvalue weighted by atomic mass is 9.86. The molecule has 0 unspecified atom stereocenters. The highest BCUT2D eigenvalue weighted by atomic mass is 16.5. The topological polar surface area (TPSA) is 112 Å². The molecule has 2 saturated heterocycles. The number of carbonyl (C=O) groups excluding carboxylic acids is 2. The van der Waals surface area contributed by atoms with Crippen LogP contribution in [0.2, 0.25) is 0 Å². The Morgan fingerprint density at radius 1 is 0.892 bits per heavy atom. The van der Waals surface area contributed by atoms with Gasteiger partial charge in [0.05, 0.1) is 13.2 Å². The molecule has 2 amide bonds. The molecule has 3 fully saturated rings. The van der Waals surface area contributed by atoms with Crippen molar-refractivity contribution in [2.45, 2.75) is 44.9 Å². The number of nitrogens with one attached hydrogen (secondary N) is 1. The molecule has 0 atom stereocenters. The van der Waals surface area contributed by atoms with Crippen molar-refractivity contribution in [3.05, 3.63) is 40.3 Å². The summed E-state index contributed by atoms with van der Waals surface area (Å²) in [6.45, 7) is 5.45. The highest BCUT2D eigenvalue weighted by Gasteiger charge is 2.25. The van der Waals surface area contributed by atoms with E-state index in [9.17, 15) is 14.4 Å². The average molecular weight is 509 g/mol. The molecule has 0 radical (unpaired) electrons. The van der Waals surface area contributed by atoms with Crippen molar-refractivity contribution in [1.29, 1.82) is 0 Å². The summed E-state index contributed by atoms with van der Waals surface area (Å²) in [4.78, 5) is 46.3. The van der Waals surface area contributed by atoms with Crippen LogP contribution in [0.3, 0.4) is 0 Å². The van der Waals surface area contributed by atoms with E-state index in [1.165, 1.54) is 19.3 Å². The minimum Gasteiger partial charge on any atom is -0.493 e. The van der Waals surface area contributed by atoms with Gasteiger partial charge >= 0.3 is 0 Å². The van der Waals surface area contributed by atoms with Gasteiger partial charge < -0.3 is 19.5 Å². The Labute approximate surface area is 217 Å². The summed E-state index contributed by atoms with van der Waals surface area (Å²) in [5.41, 5.74) is 0.685. The molecule has 10 nitrogen and oxygen atoms in total. The van der Waals surface area contributed by atoms with Crippen LogP contribution in [0.5, 0.6) is 5.75 Å². The van der Waals surface area contributed by atoms with E-state index in [1.807, 2.05) is 29.2 Å². The van der Waals surface area contributed by atoms with Crippen LogP contribution in [-0.2, 0) is 16.0 Å². The van der Waals surface area contributed by atoms with Crippen molar-refractivity contribution in [2.75, 3.05) is 52.4 Å². The second-order valence-electron chi connectivity index (χ2n) is 10.3. The first kappa shape index (κ1) is 25.4. The van der Waals surface area contributed by atoms with Gasteiger partial charge in [-0.1, -0.05) is 6.42 Å². The summed E-state index contributed by atoms with van der Waals surface area (Å²) >= 11 is 0. The van der Waals surface area contributed by atoms with E-state index in [-0.39, 0.29) is 35.9 Å². The number of rotatable bonds is 9. The minimum atomic E-state index is -0.326. The van der Waals surface area contributed by atoms with Gasteiger partial charge in [0, 0.05) is 57.7 Å². The smallest absolute Gasteiger partial charge is 0.273 e. The quantitative estimate of drug-likeness (QED) is 0.549. The summed E-state index contributed by atoms with van der Waals surface area (Å²) in [5.74, 6) is 2.05. The molecule has 5 rings (SSSR count). The second kappa shape index (κ2) is 11.9. The predicted octanol–water partition coefficient (Wildman–Crippen LogP) is 1.71. The summed E-state index contributed by atoms with van der Waals surface area (Å²) in [7, 11) is 0. The largest absolute Gasteiger partial charge is 0.493 e. The Kier molecular flexibility index (Phi) is 8.13. The maximum absolute atomic E-state index is 12.7. The molecule has 2 aromatic rings. The van der Waals surface area contributed by atoms with Gasteiger partial charge in [-0.15, -0.1) is 10.2 Å². The number of aromatic amines is 1. The van der Waals surface area contributed by atoms with Gasteiger partial charge in [0.2, 0.25) is 11.8 Å². The number of hydrogen-bond acceptors (Lipinski definition) is 7. The molecular formula is C27H36N6O4. The number of H-pyrrole nitrogens is 1. The van der Waals surface area contributed by atoms with Crippen molar-refractivity contribution in [2.24, 2.45) is 5.92 Å². The van der Waals surface area contributed by atoms with E-state index in [0.717, 1.165) is 43.9 Å². The Morgan fingerprint density at radius 3 is 2.24 bits per heavy atom. The van der Waals surface area contributed by atoms with Crippen LogP contribution in [-0.4, -0.2) is 94.1 Å². The van der Waals surface area contributed by atoms with Crippen molar-refractivity contribution in [3.63, 3.8) is 0 Å². The fourth-order valence-corrected chi connectivity index (χ4v) is 5.03. The van der Waals surface area contributed by atoms with Gasteiger partial charge in [-0.2, -0.15) is 0 Å². The number of benzene rings is 1. The number of carbonyl (C=O) groups is 2. The second-order valence-corrected chi connectivity index (χ2v) is 10.3. The molecular weight excluding hydrogens is 472 g/mol. The molecule has 1 saturated carbocycles. The van der Waals surface area contributed by atoms with E-state index >= 15 is 0 Å². The fraction of sp³-hybridized carbons (Fsp3) is 0.593. The van der Waals surface area contributed by atoms with Crippen LogP contribution >= 0.6 is 0 Å². The number of likely N-dealkylation sites (tertiary alicyclic amines) is 1. The van der Waals surface area contributed by atoms with Gasteiger partial charge in [-0.3, -0.25) is 19.3 Å². The SMILES string of the molecule is O=C(CCc1nnc(-c2ccc(OCC3CCC3)cc2)[nH]c1=O)N1CCN(CC(=O)N2CCCC2)CC1. The first-order chi connectivity index (χ1) is 18.0. The number of ether oxygens (including phenoxy) is 1. The predicted molar refractivity (Wildman–Crippen MR) is 138 cm³/mol. The zero-order valence-electron chi connectivity index (χ0n) is 21.4. The summed E-state index contributed by atoms with van der Waals surface area (Å²) < 4.78 is 5.83. The molecule has 1 aliphatic carbocycles. The lowest BCUT2D eigenvalue weighted by Gasteiger charge is -2.35. The zero-order chi connectivity index (χ0) is 25.6. The Bertz CT molecular complexity index is 1130. The third-order valence-electron chi connectivity index (χ3n) is 7.72. The zero-order valence-corrected chi connectivity index (χ0v) is 21.4. The molecule has 3 heterocycles. The van der Waals surface area contributed by atoms with E-state index < -0.39 is 0 Å². The summed E-state index contributed by atoms with van der Waals surface area (Å²) in [6, 6.07) is 7.47. The van der Waals surface area contributed by atoms with Crippen LogP contribution in [0, 0.1) is 5.92 Å². The van der Waals surface area contributed by atoms with E-state index in [1.54, 1.807) is 4.90 Å². The van der Waals surface area contributed by atoms with Crippen molar-refractivity contribution in [1.82, 2.24) is 29.9 Å². The summed E-state index contributed by atoms with van der Waals surface area (Å²) in [5, 5.41) is 8.29. The molecule has 10 heteroatoms.